The Morgan fingerprint density at radius 2 is 2.38 bits per heavy atom. The fourth-order valence-corrected chi connectivity index (χ4v) is 0.395. The van der Waals surface area contributed by atoms with Crippen molar-refractivity contribution in [1.29, 1.82) is 0 Å². The van der Waals surface area contributed by atoms with E-state index in [1.54, 1.807) is 6.21 Å². The average Bonchev–Trinajstić information content (AvgIpc) is 1.81. The van der Waals surface area contributed by atoms with E-state index in [0.29, 0.717) is 6.42 Å². The highest BCUT2D eigenvalue weighted by Crippen LogP contribution is 1.82. The van der Waals surface area contributed by atoms with Gasteiger partial charge in [-0.05, 0) is 19.6 Å². The van der Waals surface area contributed by atoms with E-state index in [1.807, 2.05) is 6.92 Å². The fraction of sp³-hybridized carbons (Fsp3) is 0.667. The van der Waals surface area contributed by atoms with Gasteiger partial charge in [-0.15, -0.1) is 0 Å². The standard InChI is InChI=1S/C6H11NO/c1-2-7-5-3-4-6-8/h2,6H,3-5H2,1H3. The van der Waals surface area contributed by atoms with Crippen LogP contribution in [0.5, 0.6) is 0 Å². The summed E-state index contributed by atoms with van der Waals surface area (Å²) in [5, 5.41) is 0. The first-order valence-corrected chi connectivity index (χ1v) is 2.80. The molecule has 0 aromatic carbocycles. The molecule has 0 radical (unpaired) electrons. The summed E-state index contributed by atoms with van der Waals surface area (Å²) in [5.41, 5.74) is 0. The Kier molecular flexibility index (Phi) is 5.82. The lowest BCUT2D eigenvalue weighted by Crippen LogP contribution is -1.81. The van der Waals surface area contributed by atoms with Gasteiger partial charge in [0.05, 0.1) is 0 Å². The maximum absolute atomic E-state index is 9.72. The molecule has 2 nitrogen and oxygen atoms in total. The van der Waals surface area contributed by atoms with Crippen molar-refractivity contribution in [3.05, 3.63) is 0 Å². The van der Waals surface area contributed by atoms with Gasteiger partial charge in [-0.1, -0.05) is 0 Å². The SMILES string of the molecule is CC=NCCCC=O. The Bertz CT molecular complexity index is 78.6. The first kappa shape index (κ1) is 7.34. The van der Waals surface area contributed by atoms with Crippen molar-refractivity contribution < 1.29 is 4.79 Å². The number of carbonyl (C=O) groups excluding carboxylic acids is 1. The minimum atomic E-state index is 0.636. The Labute approximate surface area is 49.6 Å². The van der Waals surface area contributed by atoms with Crippen molar-refractivity contribution in [3.63, 3.8) is 0 Å². The molecule has 0 amide bonds. The smallest absolute Gasteiger partial charge is 0.120 e. The Balaban J connectivity index is 2.82. The second-order valence-electron chi connectivity index (χ2n) is 1.47. The second kappa shape index (κ2) is 6.34. The molecule has 0 spiro atoms. The minimum absolute atomic E-state index is 0.636. The normalized spacial score (nSPS) is 10.1. The molecule has 0 unspecified atom stereocenters. The molecular weight excluding hydrogens is 102 g/mol. The summed E-state index contributed by atoms with van der Waals surface area (Å²) in [6.07, 6.45) is 4.20. The van der Waals surface area contributed by atoms with Crippen molar-refractivity contribution in [3.8, 4) is 0 Å². The van der Waals surface area contributed by atoms with Crippen LogP contribution in [-0.2, 0) is 4.79 Å². The van der Waals surface area contributed by atoms with Gasteiger partial charge in [-0.2, -0.15) is 0 Å². The highest BCUT2D eigenvalue weighted by Gasteiger charge is 1.78. The average molecular weight is 113 g/mol. The van der Waals surface area contributed by atoms with Gasteiger partial charge in [0.1, 0.15) is 6.29 Å². The summed E-state index contributed by atoms with van der Waals surface area (Å²) >= 11 is 0. The number of unbranched alkanes of at least 4 members (excludes halogenated alkanes) is 1. The highest BCUT2D eigenvalue weighted by atomic mass is 16.1. The molecule has 0 saturated carbocycles. The van der Waals surface area contributed by atoms with Gasteiger partial charge >= 0.3 is 0 Å². The lowest BCUT2D eigenvalue weighted by Gasteiger charge is -1.84. The van der Waals surface area contributed by atoms with Gasteiger partial charge in [-0.3, -0.25) is 4.99 Å². The van der Waals surface area contributed by atoms with Crippen molar-refractivity contribution in [2.45, 2.75) is 19.8 Å². The van der Waals surface area contributed by atoms with Crippen LogP contribution in [0.2, 0.25) is 0 Å². The van der Waals surface area contributed by atoms with Crippen LogP contribution in [-0.4, -0.2) is 19.0 Å². The predicted molar refractivity (Wildman–Crippen MR) is 34.3 cm³/mol. The molecule has 0 rings (SSSR count). The lowest BCUT2D eigenvalue weighted by molar-refractivity contribution is -0.107. The highest BCUT2D eigenvalue weighted by molar-refractivity contribution is 5.53. The quantitative estimate of drug-likeness (QED) is 0.304. The van der Waals surface area contributed by atoms with E-state index < -0.39 is 0 Å². The third-order valence-corrected chi connectivity index (χ3v) is 0.792. The van der Waals surface area contributed by atoms with Crippen LogP contribution in [0.4, 0.5) is 0 Å². The van der Waals surface area contributed by atoms with E-state index in [9.17, 15) is 4.79 Å². The summed E-state index contributed by atoms with van der Waals surface area (Å²) in [7, 11) is 0. The fourth-order valence-electron chi connectivity index (χ4n) is 0.395. The number of aliphatic imine (C=N–C) groups is 1. The van der Waals surface area contributed by atoms with E-state index in [0.717, 1.165) is 19.3 Å². The van der Waals surface area contributed by atoms with Crippen LogP contribution in [0, 0.1) is 0 Å². The molecule has 0 aromatic heterocycles. The van der Waals surface area contributed by atoms with E-state index in [2.05, 4.69) is 4.99 Å². The molecule has 2 heteroatoms. The Morgan fingerprint density at radius 3 is 2.88 bits per heavy atom. The van der Waals surface area contributed by atoms with E-state index >= 15 is 0 Å². The lowest BCUT2D eigenvalue weighted by atomic mass is 10.3. The number of hydrogen-bond donors (Lipinski definition) is 0. The Hall–Kier alpha value is -0.660. The topological polar surface area (TPSA) is 29.4 Å². The van der Waals surface area contributed by atoms with Crippen LogP contribution in [0.25, 0.3) is 0 Å². The maximum Gasteiger partial charge on any atom is 0.120 e. The molecule has 0 aliphatic rings. The van der Waals surface area contributed by atoms with Gasteiger partial charge in [0, 0.05) is 13.0 Å². The number of carbonyl (C=O) groups is 1. The molecule has 0 fully saturated rings. The van der Waals surface area contributed by atoms with Crippen molar-refractivity contribution >= 4 is 12.5 Å². The number of hydrogen-bond acceptors (Lipinski definition) is 2. The predicted octanol–water partition coefficient (Wildman–Crippen LogP) is 1.06. The van der Waals surface area contributed by atoms with Crippen LogP contribution in [0.1, 0.15) is 19.8 Å². The largest absolute Gasteiger partial charge is 0.303 e. The van der Waals surface area contributed by atoms with Gasteiger partial charge in [-0.25, -0.2) is 0 Å². The van der Waals surface area contributed by atoms with E-state index in [1.165, 1.54) is 0 Å². The minimum Gasteiger partial charge on any atom is -0.303 e. The zero-order chi connectivity index (χ0) is 6.24. The summed E-state index contributed by atoms with van der Waals surface area (Å²) in [6, 6.07) is 0. The van der Waals surface area contributed by atoms with E-state index in [-0.39, 0.29) is 0 Å². The third-order valence-electron chi connectivity index (χ3n) is 0.792. The molecule has 0 aliphatic heterocycles. The van der Waals surface area contributed by atoms with Gasteiger partial charge < -0.3 is 4.79 Å². The molecule has 0 heterocycles. The first-order chi connectivity index (χ1) is 3.91. The molecular formula is C6H11NO. The van der Waals surface area contributed by atoms with Crippen molar-refractivity contribution in [1.82, 2.24) is 0 Å². The molecule has 0 atom stereocenters. The van der Waals surface area contributed by atoms with E-state index in [4.69, 9.17) is 0 Å². The molecule has 0 bridgehead atoms. The number of rotatable bonds is 4. The third kappa shape index (κ3) is 5.34. The van der Waals surface area contributed by atoms with Crippen molar-refractivity contribution in [2.24, 2.45) is 4.99 Å². The summed E-state index contributed by atoms with van der Waals surface area (Å²) < 4.78 is 0. The molecule has 0 N–H and O–H groups in total. The van der Waals surface area contributed by atoms with Gasteiger partial charge in [0.25, 0.3) is 0 Å². The molecule has 8 heavy (non-hydrogen) atoms. The van der Waals surface area contributed by atoms with Crippen LogP contribution < -0.4 is 0 Å². The molecule has 46 valence electrons. The zero-order valence-corrected chi connectivity index (χ0v) is 5.13. The summed E-state index contributed by atoms with van der Waals surface area (Å²) in [5.74, 6) is 0. The molecule has 0 saturated heterocycles. The monoisotopic (exact) mass is 113 g/mol. The van der Waals surface area contributed by atoms with Gasteiger partial charge in [0.15, 0.2) is 0 Å². The number of aldehydes is 1. The van der Waals surface area contributed by atoms with Crippen LogP contribution in [0.15, 0.2) is 4.99 Å². The zero-order valence-electron chi connectivity index (χ0n) is 5.13. The van der Waals surface area contributed by atoms with Crippen LogP contribution in [0.3, 0.4) is 0 Å². The molecule has 0 aromatic rings. The van der Waals surface area contributed by atoms with Gasteiger partial charge in [0.2, 0.25) is 0 Å². The summed E-state index contributed by atoms with van der Waals surface area (Å²) in [6.45, 7) is 2.66. The second-order valence-corrected chi connectivity index (χ2v) is 1.47. The van der Waals surface area contributed by atoms with Crippen LogP contribution >= 0.6 is 0 Å². The van der Waals surface area contributed by atoms with Crippen molar-refractivity contribution in [2.75, 3.05) is 6.54 Å². The Morgan fingerprint density at radius 1 is 1.62 bits per heavy atom. The number of nitrogens with zero attached hydrogens (tertiary/aromatic N) is 1. The first-order valence-electron chi connectivity index (χ1n) is 2.80. The molecule has 0 aliphatic carbocycles. The maximum atomic E-state index is 9.72. The summed E-state index contributed by atoms with van der Waals surface area (Å²) in [4.78, 5) is 13.6.